The molecular weight excluding hydrogens is 342 g/mol. The lowest BCUT2D eigenvalue weighted by atomic mass is 10.1. The first-order valence-electron chi connectivity index (χ1n) is 10.2. The van der Waals surface area contributed by atoms with Crippen molar-refractivity contribution in [2.24, 2.45) is 4.99 Å². The van der Waals surface area contributed by atoms with Crippen molar-refractivity contribution in [3.05, 3.63) is 29.8 Å². The van der Waals surface area contributed by atoms with Crippen molar-refractivity contribution in [1.82, 2.24) is 10.2 Å². The number of rotatable bonds is 7. The van der Waals surface area contributed by atoms with Crippen molar-refractivity contribution in [2.75, 3.05) is 40.0 Å². The predicted octanol–water partition coefficient (Wildman–Crippen LogP) is 2.82. The number of hydrogen-bond acceptors (Lipinski definition) is 4. The van der Waals surface area contributed by atoms with Crippen LogP contribution < -0.4 is 10.1 Å². The van der Waals surface area contributed by atoms with Gasteiger partial charge in [-0.15, -0.1) is 0 Å². The normalized spacial score (nSPS) is 23.5. The molecule has 1 aromatic rings. The largest absolute Gasteiger partial charge is 0.494 e. The van der Waals surface area contributed by atoms with Gasteiger partial charge < -0.3 is 24.4 Å². The summed E-state index contributed by atoms with van der Waals surface area (Å²) in [5.41, 5.74) is 1.19. The highest BCUT2D eigenvalue weighted by atomic mass is 16.5. The van der Waals surface area contributed by atoms with Crippen LogP contribution in [0.5, 0.6) is 5.75 Å². The van der Waals surface area contributed by atoms with E-state index in [1.54, 1.807) is 0 Å². The van der Waals surface area contributed by atoms with Gasteiger partial charge in [0.25, 0.3) is 0 Å². The molecular formula is C21H33N3O3. The third kappa shape index (κ3) is 5.84. The summed E-state index contributed by atoms with van der Waals surface area (Å²) in [6.45, 7) is 6.91. The van der Waals surface area contributed by atoms with Crippen molar-refractivity contribution in [2.45, 2.75) is 51.4 Å². The Morgan fingerprint density at radius 3 is 2.96 bits per heavy atom. The molecule has 6 heteroatoms. The Morgan fingerprint density at radius 2 is 2.19 bits per heavy atom. The Hall–Kier alpha value is -1.79. The van der Waals surface area contributed by atoms with Gasteiger partial charge in [-0.1, -0.05) is 25.5 Å². The second-order valence-corrected chi connectivity index (χ2v) is 7.16. The molecule has 6 nitrogen and oxygen atoms in total. The third-order valence-electron chi connectivity index (χ3n) is 5.10. The molecule has 2 heterocycles. The van der Waals surface area contributed by atoms with Gasteiger partial charge in [-0.05, 0) is 37.0 Å². The quantitative estimate of drug-likeness (QED) is 0.451. The van der Waals surface area contributed by atoms with Crippen LogP contribution >= 0.6 is 0 Å². The highest BCUT2D eigenvalue weighted by molar-refractivity contribution is 5.80. The SMILES string of the molecule is CCCCOc1cccc(CNC(=NC)N2CCOC(C3CCCO3)C2)c1. The van der Waals surface area contributed by atoms with E-state index in [0.29, 0.717) is 6.61 Å². The summed E-state index contributed by atoms with van der Waals surface area (Å²) in [6.07, 6.45) is 4.81. The molecule has 3 rings (SSSR count). The van der Waals surface area contributed by atoms with Gasteiger partial charge in [-0.3, -0.25) is 4.99 Å². The summed E-state index contributed by atoms with van der Waals surface area (Å²) in [7, 11) is 1.84. The number of guanidine groups is 1. The minimum absolute atomic E-state index is 0.134. The fraction of sp³-hybridized carbons (Fsp3) is 0.667. The van der Waals surface area contributed by atoms with Crippen molar-refractivity contribution in [3.63, 3.8) is 0 Å². The van der Waals surface area contributed by atoms with Crippen molar-refractivity contribution < 1.29 is 14.2 Å². The fourth-order valence-electron chi connectivity index (χ4n) is 3.58. The summed E-state index contributed by atoms with van der Waals surface area (Å²) in [6, 6.07) is 8.28. The molecule has 2 aliphatic heterocycles. The van der Waals surface area contributed by atoms with Crippen LogP contribution in [-0.2, 0) is 16.0 Å². The molecule has 1 N–H and O–H groups in total. The Morgan fingerprint density at radius 1 is 1.30 bits per heavy atom. The van der Waals surface area contributed by atoms with Crippen LogP contribution in [-0.4, -0.2) is 63.0 Å². The molecule has 0 amide bonds. The average Bonchev–Trinajstić information content (AvgIpc) is 3.24. The number of unbranched alkanes of at least 4 members (excludes halogenated alkanes) is 1. The Balaban J connectivity index is 1.52. The molecule has 0 aliphatic carbocycles. The van der Waals surface area contributed by atoms with Gasteiger partial charge >= 0.3 is 0 Å². The Labute approximate surface area is 162 Å². The van der Waals surface area contributed by atoms with Gasteiger partial charge in [-0.25, -0.2) is 0 Å². The average molecular weight is 376 g/mol. The zero-order chi connectivity index (χ0) is 18.9. The zero-order valence-corrected chi connectivity index (χ0v) is 16.7. The molecule has 0 aromatic heterocycles. The molecule has 2 atom stereocenters. The first-order chi connectivity index (χ1) is 13.3. The van der Waals surface area contributed by atoms with E-state index in [9.17, 15) is 0 Å². The lowest BCUT2D eigenvalue weighted by Gasteiger charge is -2.37. The molecule has 2 saturated heterocycles. The number of ether oxygens (including phenoxy) is 3. The van der Waals surface area contributed by atoms with Gasteiger partial charge in [0.05, 0.1) is 19.3 Å². The first kappa shape index (κ1) is 20.0. The minimum atomic E-state index is 0.134. The van der Waals surface area contributed by atoms with Crippen LogP contribution in [0.15, 0.2) is 29.3 Å². The molecule has 1 aromatic carbocycles. The van der Waals surface area contributed by atoms with Crippen LogP contribution in [0.25, 0.3) is 0 Å². The number of hydrogen-bond donors (Lipinski definition) is 1. The summed E-state index contributed by atoms with van der Waals surface area (Å²) in [5.74, 6) is 1.85. The van der Waals surface area contributed by atoms with E-state index in [0.717, 1.165) is 70.2 Å². The molecule has 0 saturated carbocycles. The van der Waals surface area contributed by atoms with E-state index in [1.807, 2.05) is 19.2 Å². The Bertz CT molecular complexity index is 602. The highest BCUT2D eigenvalue weighted by Gasteiger charge is 2.32. The van der Waals surface area contributed by atoms with Gasteiger partial charge in [0.2, 0.25) is 0 Å². The van der Waals surface area contributed by atoms with Crippen LogP contribution in [0.1, 0.15) is 38.2 Å². The van der Waals surface area contributed by atoms with Crippen LogP contribution in [0.3, 0.4) is 0 Å². The number of nitrogens with one attached hydrogen (secondary N) is 1. The number of benzene rings is 1. The minimum Gasteiger partial charge on any atom is -0.494 e. The van der Waals surface area contributed by atoms with Crippen molar-refractivity contribution in [3.8, 4) is 5.75 Å². The van der Waals surface area contributed by atoms with Crippen molar-refractivity contribution in [1.29, 1.82) is 0 Å². The summed E-state index contributed by atoms with van der Waals surface area (Å²) in [4.78, 5) is 6.75. The number of morpholine rings is 1. The highest BCUT2D eigenvalue weighted by Crippen LogP contribution is 2.21. The van der Waals surface area contributed by atoms with Crippen LogP contribution in [0.2, 0.25) is 0 Å². The van der Waals surface area contributed by atoms with Gasteiger partial charge in [0.1, 0.15) is 11.9 Å². The molecule has 150 valence electrons. The molecule has 2 fully saturated rings. The molecule has 0 radical (unpaired) electrons. The van der Waals surface area contributed by atoms with Crippen LogP contribution in [0.4, 0.5) is 0 Å². The van der Waals surface area contributed by atoms with E-state index in [4.69, 9.17) is 14.2 Å². The standard InChI is InChI=1S/C21H33N3O3/c1-3-4-11-25-18-8-5-7-17(14-18)15-23-21(22-2)24-10-13-27-20(16-24)19-9-6-12-26-19/h5,7-8,14,19-20H,3-4,6,9-13,15-16H2,1-2H3,(H,22,23). The molecule has 2 aliphatic rings. The smallest absolute Gasteiger partial charge is 0.194 e. The van der Waals surface area contributed by atoms with Gasteiger partial charge in [-0.2, -0.15) is 0 Å². The van der Waals surface area contributed by atoms with Crippen molar-refractivity contribution >= 4 is 5.96 Å². The van der Waals surface area contributed by atoms with Gasteiger partial charge in [0.15, 0.2) is 5.96 Å². The second kappa shape index (κ2) is 10.5. The molecule has 27 heavy (non-hydrogen) atoms. The molecule has 0 bridgehead atoms. The summed E-state index contributed by atoms with van der Waals surface area (Å²) < 4.78 is 17.6. The van der Waals surface area contributed by atoms with Gasteiger partial charge in [0, 0.05) is 33.3 Å². The van der Waals surface area contributed by atoms with E-state index in [1.165, 1.54) is 5.56 Å². The Kier molecular flexibility index (Phi) is 7.78. The zero-order valence-electron chi connectivity index (χ0n) is 16.7. The summed E-state index contributed by atoms with van der Waals surface area (Å²) in [5, 5.41) is 3.49. The van der Waals surface area contributed by atoms with E-state index < -0.39 is 0 Å². The third-order valence-corrected chi connectivity index (χ3v) is 5.10. The predicted molar refractivity (Wildman–Crippen MR) is 107 cm³/mol. The lowest BCUT2D eigenvalue weighted by Crippen LogP contribution is -2.53. The first-order valence-corrected chi connectivity index (χ1v) is 10.2. The van der Waals surface area contributed by atoms with E-state index in [-0.39, 0.29) is 12.2 Å². The number of nitrogens with zero attached hydrogens (tertiary/aromatic N) is 2. The van der Waals surface area contributed by atoms with E-state index in [2.05, 4.69) is 34.3 Å². The maximum atomic E-state index is 5.95. The fourth-order valence-corrected chi connectivity index (χ4v) is 3.58. The topological polar surface area (TPSA) is 55.3 Å². The maximum Gasteiger partial charge on any atom is 0.194 e. The molecule has 0 spiro atoms. The lowest BCUT2D eigenvalue weighted by molar-refractivity contribution is -0.0817. The number of aliphatic imine (C=N–C) groups is 1. The second-order valence-electron chi connectivity index (χ2n) is 7.16. The monoisotopic (exact) mass is 375 g/mol. The van der Waals surface area contributed by atoms with E-state index >= 15 is 0 Å². The molecule has 2 unspecified atom stereocenters. The maximum absolute atomic E-state index is 5.95. The summed E-state index contributed by atoms with van der Waals surface area (Å²) >= 11 is 0. The van der Waals surface area contributed by atoms with Crippen LogP contribution in [0, 0.1) is 0 Å².